The number of thioether (sulfide) groups is 1. The molecule has 0 aromatic carbocycles. The first-order valence-corrected chi connectivity index (χ1v) is 15.7. The minimum absolute atomic E-state index is 0.0327. The van der Waals surface area contributed by atoms with Crippen molar-refractivity contribution in [3.05, 3.63) is 25.3 Å². The largest absolute Gasteiger partial charge is 0.465 e. The smallest absolute Gasteiger partial charge is 0.311 e. The minimum Gasteiger partial charge on any atom is -0.465 e. The van der Waals surface area contributed by atoms with E-state index in [1.54, 1.807) is 22.7 Å². The minimum atomic E-state index is -0.660. The number of rotatable bonds is 16. The molecule has 0 aliphatic carbocycles. The summed E-state index contributed by atoms with van der Waals surface area (Å²) in [6, 6.07) is -0.648. The van der Waals surface area contributed by atoms with Gasteiger partial charge in [-0.3, -0.25) is 19.3 Å². The van der Waals surface area contributed by atoms with Gasteiger partial charge in [0, 0.05) is 50.6 Å². The van der Waals surface area contributed by atoms with E-state index >= 15 is 0 Å². The molecule has 2 unspecified atom stereocenters. The summed E-state index contributed by atoms with van der Waals surface area (Å²) in [6.45, 7) is 15.2. The second kappa shape index (κ2) is 13.9. The average Bonchev–Trinajstić information content (AvgIpc) is 3.52. The van der Waals surface area contributed by atoms with Gasteiger partial charge in [-0.2, -0.15) is 0 Å². The van der Waals surface area contributed by atoms with Crippen molar-refractivity contribution in [2.45, 2.75) is 67.4 Å². The van der Waals surface area contributed by atoms with Gasteiger partial charge in [0.25, 0.3) is 0 Å². The third kappa shape index (κ3) is 6.15. The van der Waals surface area contributed by atoms with Crippen molar-refractivity contribution in [3.63, 3.8) is 0 Å². The molecule has 40 heavy (non-hydrogen) atoms. The first-order chi connectivity index (χ1) is 19.3. The van der Waals surface area contributed by atoms with Crippen LogP contribution in [0.4, 0.5) is 0 Å². The first kappa shape index (κ1) is 31.1. The highest BCUT2D eigenvalue weighted by Crippen LogP contribution is 2.71. The van der Waals surface area contributed by atoms with E-state index in [1.165, 1.54) is 0 Å². The van der Waals surface area contributed by atoms with Crippen LogP contribution in [0.5, 0.6) is 0 Å². The van der Waals surface area contributed by atoms with E-state index in [2.05, 4.69) is 25.0 Å². The van der Waals surface area contributed by atoms with Gasteiger partial charge >= 0.3 is 5.97 Å². The Hall–Kier alpha value is -1.88. The van der Waals surface area contributed by atoms with E-state index < -0.39 is 27.4 Å². The molecule has 2 amide bonds. The zero-order chi connectivity index (χ0) is 28.8. The number of unbranched alkanes of at least 4 members (excludes halogenated alkanes) is 3. The molecule has 0 aromatic heterocycles. The fourth-order valence-corrected chi connectivity index (χ4v) is 9.40. The lowest BCUT2D eigenvalue weighted by atomic mass is 9.66. The third-order valence-corrected chi connectivity index (χ3v) is 11.1. The highest BCUT2D eigenvalue weighted by atomic mass is 32.2. The van der Waals surface area contributed by atoms with Crippen LogP contribution in [0.2, 0.25) is 0 Å². The Labute approximate surface area is 243 Å². The summed E-state index contributed by atoms with van der Waals surface area (Å²) in [6.07, 6.45) is 8.76. The van der Waals surface area contributed by atoms with Gasteiger partial charge < -0.3 is 24.4 Å². The van der Waals surface area contributed by atoms with Gasteiger partial charge in [0.1, 0.15) is 6.04 Å². The number of hydrogen-bond donors (Lipinski definition) is 1. The lowest BCUT2D eigenvalue weighted by Crippen LogP contribution is -2.56. The molecule has 2 bridgehead atoms. The van der Waals surface area contributed by atoms with Crippen LogP contribution < -0.4 is 0 Å². The van der Waals surface area contributed by atoms with Crippen molar-refractivity contribution in [2.75, 3.05) is 65.7 Å². The maximum Gasteiger partial charge on any atom is 0.311 e. The number of allylic oxidation sites excluding steroid dienone is 1. The lowest BCUT2D eigenvalue weighted by Gasteiger charge is -2.38. The van der Waals surface area contributed by atoms with Gasteiger partial charge in [0.05, 0.1) is 36.4 Å². The molecule has 5 atom stereocenters. The van der Waals surface area contributed by atoms with Crippen molar-refractivity contribution >= 4 is 29.5 Å². The first-order valence-electron chi connectivity index (χ1n) is 14.9. The van der Waals surface area contributed by atoms with Gasteiger partial charge in [0.2, 0.25) is 11.8 Å². The summed E-state index contributed by atoms with van der Waals surface area (Å²) < 4.78 is 10.1. The van der Waals surface area contributed by atoms with Gasteiger partial charge in [-0.05, 0) is 51.9 Å². The molecule has 10 heteroatoms. The summed E-state index contributed by atoms with van der Waals surface area (Å²) in [5.74, 6) is -1.65. The quantitative estimate of drug-likeness (QED) is 0.170. The molecule has 1 N–H and O–H groups in total. The Balaban J connectivity index is 1.58. The van der Waals surface area contributed by atoms with Crippen LogP contribution in [-0.4, -0.2) is 119 Å². The number of ether oxygens (including phenoxy) is 2. The molecule has 0 aromatic rings. The molecule has 4 heterocycles. The highest BCUT2D eigenvalue weighted by Gasteiger charge is 2.77. The van der Waals surface area contributed by atoms with Crippen molar-refractivity contribution < 1.29 is 29.0 Å². The Morgan fingerprint density at radius 1 is 1.15 bits per heavy atom. The number of fused-ring (bicyclic) bond motifs is 1. The summed E-state index contributed by atoms with van der Waals surface area (Å²) >= 11 is 1.67. The van der Waals surface area contributed by atoms with Crippen LogP contribution in [-0.2, 0) is 23.9 Å². The number of nitrogens with zero attached hydrogens (tertiary/aromatic N) is 3. The number of aliphatic hydroxyl groups excluding tert-OH is 1. The third-order valence-electron chi connectivity index (χ3n) is 9.07. The van der Waals surface area contributed by atoms with E-state index in [0.29, 0.717) is 58.7 Å². The van der Waals surface area contributed by atoms with Crippen LogP contribution in [0.1, 0.15) is 51.9 Å². The molecule has 0 radical (unpaired) electrons. The summed E-state index contributed by atoms with van der Waals surface area (Å²) in [5.41, 5.74) is 0. The fourth-order valence-electron chi connectivity index (χ4n) is 7.06. The number of esters is 1. The Bertz CT molecular complexity index is 942. The van der Waals surface area contributed by atoms with E-state index in [4.69, 9.17) is 9.47 Å². The van der Waals surface area contributed by atoms with Crippen molar-refractivity contribution in [3.8, 4) is 0 Å². The number of carbonyl (C=O) groups is 3. The Morgan fingerprint density at radius 3 is 2.62 bits per heavy atom. The number of carbonyl (C=O) groups excluding carboxylic acids is 3. The topological polar surface area (TPSA) is 99.6 Å². The van der Waals surface area contributed by atoms with Gasteiger partial charge in [-0.1, -0.05) is 12.2 Å². The maximum atomic E-state index is 14.4. The van der Waals surface area contributed by atoms with Gasteiger partial charge in [-0.25, -0.2) is 0 Å². The Kier molecular flexibility index (Phi) is 10.8. The second-order valence-corrected chi connectivity index (χ2v) is 13.6. The van der Waals surface area contributed by atoms with Crippen LogP contribution in [0.3, 0.4) is 0 Å². The van der Waals surface area contributed by atoms with Crippen molar-refractivity contribution in [1.82, 2.24) is 14.7 Å². The van der Waals surface area contributed by atoms with E-state index in [9.17, 15) is 19.5 Å². The zero-order valence-electron chi connectivity index (χ0n) is 24.1. The van der Waals surface area contributed by atoms with Crippen LogP contribution in [0.15, 0.2) is 25.3 Å². The van der Waals surface area contributed by atoms with Gasteiger partial charge in [-0.15, -0.1) is 24.9 Å². The SMILES string of the molecule is C=CCCCCOC(=O)[C@H]1[C@H]2C(=O)N(CCCCO)C(C(=O)N(CC=C)CCN3CCOCC3)C23CC[C@]1(C)S3. The normalized spacial score (nSPS) is 31.3. The van der Waals surface area contributed by atoms with Crippen molar-refractivity contribution in [1.29, 1.82) is 0 Å². The number of aliphatic hydroxyl groups is 1. The van der Waals surface area contributed by atoms with E-state index in [1.807, 2.05) is 11.0 Å². The van der Waals surface area contributed by atoms with Crippen LogP contribution in [0.25, 0.3) is 0 Å². The lowest BCUT2D eigenvalue weighted by molar-refractivity contribution is -0.155. The predicted molar refractivity (Wildman–Crippen MR) is 156 cm³/mol. The number of hydrogen-bond acceptors (Lipinski definition) is 8. The monoisotopic (exact) mass is 577 g/mol. The molecule has 9 nitrogen and oxygen atoms in total. The molecule has 1 spiro atoms. The molecule has 0 saturated carbocycles. The van der Waals surface area contributed by atoms with E-state index in [0.717, 1.165) is 45.3 Å². The number of morpholine rings is 1. The van der Waals surface area contributed by atoms with E-state index in [-0.39, 0.29) is 24.4 Å². The maximum absolute atomic E-state index is 14.4. The number of amides is 2. The number of likely N-dealkylation sites (tertiary alicyclic amines) is 1. The average molecular weight is 578 g/mol. The molecule has 4 aliphatic rings. The fraction of sp³-hybridized carbons (Fsp3) is 0.767. The van der Waals surface area contributed by atoms with Crippen LogP contribution >= 0.6 is 11.8 Å². The summed E-state index contributed by atoms with van der Waals surface area (Å²) in [5, 5.41) is 9.41. The molecule has 224 valence electrons. The summed E-state index contributed by atoms with van der Waals surface area (Å²) in [4.78, 5) is 48.0. The second-order valence-electron chi connectivity index (χ2n) is 11.7. The molecule has 4 rings (SSSR count). The van der Waals surface area contributed by atoms with Gasteiger partial charge in [0.15, 0.2) is 0 Å². The molecule has 4 saturated heterocycles. The Morgan fingerprint density at radius 2 is 1.93 bits per heavy atom. The molecular weight excluding hydrogens is 530 g/mol. The zero-order valence-corrected chi connectivity index (χ0v) is 24.9. The predicted octanol–water partition coefficient (Wildman–Crippen LogP) is 2.49. The highest BCUT2D eigenvalue weighted by molar-refractivity contribution is 8.02. The van der Waals surface area contributed by atoms with Crippen LogP contribution in [0, 0.1) is 11.8 Å². The summed E-state index contributed by atoms with van der Waals surface area (Å²) in [7, 11) is 0. The molecule has 4 aliphatic heterocycles. The molecule has 4 fully saturated rings. The standard InChI is InChI=1S/C30H47N3O6S/c1-4-6-7-10-20-39-28(37)24-23-26(35)33(14-8-9-19-34)25(30(23)12-11-29(24,3)40-30)27(36)32(13-5-2)16-15-31-17-21-38-22-18-31/h4-5,23-25,34H,1-2,6-22H2,3H3/t23-,24+,25?,29-,30?/m0/s1. The molecular formula is C30H47N3O6S. The van der Waals surface area contributed by atoms with Crippen molar-refractivity contribution in [2.24, 2.45) is 11.8 Å².